The second kappa shape index (κ2) is 8.60. The number of carbonyl (C=O) groups is 1. The molecule has 0 aliphatic carbocycles. The predicted octanol–water partition coefficient (Wildman–Crippen LogP) is 5.66. The molecule has 0 saturated carbocycles. The third-order valence-corrected chi connectivity index (χ3v) is 6.26. The Labute approximate surface area is 182 Å². The Morgan fingerprint density at radius 2 is 1.97 bits per heavy atom. The van der Waals surface area contributed by atoms with Crippen molar-refractivity contribution in [1.29, 1.82) is 0 Å². The van der Waals surface area contributed by atoms with E-state index in [4.69, 9.17) is 4.42 Å². The van der Waals surface area contributed by atoms with Crippen molar-refractivity contribution in [3.63, 3.8) is 0 Å². The quantitative estimate of drug-likeness (QED) is 0.283. The van der Waals surface area contributed by atoms with Crippen LogP contribution in [0, 0.1) is 6.92 Å². The molecule has 2 heterocycles. The molecular weight excluding hydrogens is 449 g/mol. The van der Waals surface area contributed by atoms with Gasteiger partial charge in [-0.15, -0.1) is 10.2 Å². The number of para-hydroxylation sites is 1. The molecule has 0 unspecified atom stereocenters. The number of anilines is 1. The molecule has 31 heavy (non-hydrogen) atoms. The Bertz CT molecular complexity index is 1240. The van der Waals surface area contributed by atoms with E-state index in [0.717, 1.165) is 26.9 Å². The minimum absolute atomic E-state index is 0.0782. The summed E-state index contributed by atoms with van der Waals surface area (Å²) in [5.74, 6) is -0.107. The summed E-state index contributed by atoms with van der Waals surface area (Å²) in [7, 11) is 0. The number of aromatic nitrogens is 2. The molecule has 2 N–H and O–H groups in total. The van der Waals surface area contributed by atoms with Gasteiger partial charge < -0.3 is 4.42 Å². The third-order valence-electron chi connectivity index (χ3n) is 4.26. The summed E-state index contributed by atoms with van der Waals surface area (Å²) in [6.45, 7) is 1.85. The molecule has 0 aliphatic heterocycles. The van der Waals surface area contributed by atoms with Crippen LogP contribution in [-0.4, -0.2) is 16.1 Å². The molecule has 4 aromatic rings. The Balaban J connectivity index is 1.55. The number of alkyl halides is 3. The predicted molar refractivity (Wildman–Crippen MR) is 113 cm³/mol. The molecule has 6 nitrogen and oxygen atoms in total. The number of fused-ring (bicyclic) bond motifs is 1. The largest absolute Gasteiger partial charge is 0.451 e. The first kappa shape index (κ1) is 21.2. The first-order chi connectivity index (χ1) is 14.8. The highest BCUT2D eigenvalue weighted by molar-refractivity contribution is 8.00. The van der Waals surface area contributed by atoms with Crippen LogP contribution < -0.4 is 10.9 Å². The van der Waals surface area contributed by atoms with E-state index in [9.17, 15) is 18.0 Å². The van der Waals surface area contributed by atoms with E-state index in [2.05, 4.69) is 21.0 Å². The monoisotopic (exact) mass is 464 g/mol. The van der Waals surface area contributed by atoms with Gasteiger partial charge in [-0.2, -0.15) is 13.2 Å². The molecule has 2 aromatic heterocycles. The van der Waals surface area contributed by atoms with Crippen LogP contribution in [0.25, 0.3) is 11.0 Å². The minimum atomic E-state index is -4.48. The summed E-state index contributed by atoms with van der Waals surface area (Å²) in [5.41, 5.74) is 5.41. The number of nitrogens with zero attached hydrogens (tertiary/aromatic N) is 2. The zero-order valence-corrected chi connectivity index (χ0v) is 17.6. The lowest BCUT2D eigenvalue weighted by molar-refractivity contribution is -0.137. The van der Waals surface area contributed by atoms with Gasteiger partial charge >= 0.3 is 12.1 Å². The van der Waals surface area contributed by atoms with Crippen molar-refractivity contribution in [2.45, 2.75) is 23.2 Å². The average Bonchev–Trinajstić information content (AvgIpc) is 3.33. The Morgan fingerprint density at radius 3 is 2.71 bits per heavy atom. The van der Waals surface area contributed by atoms with Crippen molar-refractivity contribution < 1.29 is 22.4 Å². The highest BCUT2D eigenvalue weighted by atomic mass is 32.2. The second-order valence-corrected chi connectivity index (χ2v) is 8.84. The fourth-order valence-electron chi connectivity index (χ4n) is 2.86. The van der Waals surface area contributed by atoms with Crippen molar-refractivity contribution >= 4 is 45.7 Å². The summed E-state index contributed by atoms with van der Waals surface area (Å²) in [6, 6.07) is 11.8. The molecule has 0 spiro atoms. The summed E-state index contributed by atoms with van der Waals surface area (Å²) in [5, 5.41) is 9.66. The van der Waals surface area contributed by atoms with Crippen LogP contribution >= 0.6 is 23.1 Å². The molecule has 4 rings (SSSR count). The summed E-state index contributed by atoms with van der Waals surface area (Å²) in [4.78, 5) is 12.8. The van der Waals surface area contributed by atoms with Gasteiger partial charge in [0.25, 0.3) is 0 Å². The molecule has 160 valence electrons. The Kier molecular flexibility index (Phi) is 5.88. The van der Waals surface area contributed by atoms with Crippen LogP contribution in [-0.2, 0) is 11.9 Å². The minimum Gasteiger partial charge on any atom is -0.451 e. The molecule has 0 aliphatic rings. The van der Waals surface area contributed by atoms with E-state index in [1.54, 1.807) is 12.1 Å². The van der Waals surface area contributed by atoms with E-state index in [0.29, 0.717) is 16.9 Å². The van der Waals surface area contributed by atoms with E-state index in [1.165, 1.54) is 35.2 Å². The van der Waals surface area contributed by atoms with Crippen LogP contribution in [0.3, 0.4) is 0 Å². The van der Waals surface area contributed by atoms with Crippen molar-refractivity contribution in [2.75, 3.05) is 5.43 Å². The maximum absolute atomic E-state index is 12.9. The first-order valence-electron chi connectivity index (χ1n) is 8.98. The first-order valence-corrected chi connectivity index (χ1v) is 10.8. The molecule has 11 heteroatoms. The SMILES string of the molecule is Cc1nnc(SCc2c(C(=O)NNc3cccc(C(F)(F)F)c3)oc3ccccc23)s1. The molecule has 0 fully saturated rings. The van der Waals surface area contributed by atoms with Crippen molar-refractivity contribution in [2.24, 2.45) is 0 Å². The highest BCUT2D eigenvalue weighted by Crippen LogP contribution is 2.33. The van der Waals surface area contributed by atoms with E-state index in [-0.39, 0.29) is 11.4 Å². The Hall–Kier alpha value is -3.05. The molecule has 0 saturated heterocycles. The average molecular weight is 464 g/mol. The number of halogens is 3. The molecule has 2 aromatic carbocycles. The standard InChI is InChI=1S/C20H15F3N4O2S2/c1-11-24-27-19(31-11)30-10-15-14-7-2-3-8-16(14)29-17(15)18(28)26-25-13-6-4-5-12(9-13)20(21,22)23/h2-9,25H,10H2,1H3,(H,26,28). The number of rotatable bonds is 6. The lowest BCUT2D eigenvalue weighted by Gasteiger charge is -2.11. The Morgan fingerprint density at radius 1 is 1.16 bits per heavy atom. The molecule has 0 radical (unpaired) electrons. The molecule has 0 atom stereocenters. The zero-order chi connectivity index (χ0) is 22.0. The van der Waals surface area contributed by atoms with Gasteiger partial charge in [0.1, 0.15) is 10.6 Å². The normalized spacial score (nSPS) is 11.6. The number of nitrogens with one attached hydrogen (secondary N) is 2. The number of benzene rings is 2. The van der Waals surface area contributed by atoms with Crippen molar-refractivity contribution in [1.82, 2.24) is 15.6 Å². The smallest absolute Gasteiger partial charge is 0.416 e. The van der Waals surface area contributed by atoms with Gasteiger partial charge in [0.05, 0.1) is 11.3 Å². The number of furan rings is 1. The van der Waals surface area contributed by atoms with Crippen LogP contribution in [0.4, 0.5) is 18.9 Å². The topological polar surface area (TPSA) is 80.0 Å². The lowest BCUT2D eigenvalue weighted by Crippen LogP contribution is -2.29. The molecule has 1 amide bonds. The van der Waals surface area contributed by atoms with Gasteiger partial charge in [-0.25, -0.2) is 0 Å². The number of amides is 1. The van der Waals surface area contributed by atoms with Crippen molar-refractivity contribution in [3.8, 4) is 0 Å². The maximum atomic E-state index is 12.9. The van der Waals surface area contributed by atoms with Crippen LogP contribution in [0.5, 0.6) is 0 Å². The van der Waals surface area contributed by atoms with Crippen molar-refractivity contribution in [3.05, 3.63) is 70.4 Å². The summed E-state index contributed by atoms with van der Waals surface area (Å²) in [6.07, 6.45) is -4.48. The van der Waals surface area contributed by atoms with Crippen LogP contribution in [0.15, 0.2) is 57.3 Å². The third kappa shape index (κ3) is 4.83. The van der Waals surface area contributed by atoms with Gasteiger partial charge in [0, 0.05) is 16.7 Å². The highest BCUT2D eigenvalue weighted by Gasteiger charge is 2.30. The van der Waals surface area contributed by atoms with E-state index >= 15 is 0 Å². The maximum Gasteiger partial charge on any atom is 0.416 e. The number of hydrogen-bond acceptors (Lipinski definition) is 7. The second-order valence-electron chi connectivity index (χ2n) is 6.44. The van der Waals surface area contributed by atoms with E-state index in [1.807, 2.05) is 19.1 Å². The fourth-order valence-corrected chi connectivity index (χ4v) is 4.70. The lowest BCUT2D eigenvalue weighted by atomic mass is 10.1. The fraction of sp³-hybridized carbons (Fsp3) is 0.150. The van der Waals surface area contributed by atoms with Crippen LogP contribution in [0.2, 0.25) is 0 Å². The van der Waals surface area contributed by atoms with E-state index < -0.39 is 17.6 Å². The molecule has 0 bridgehead atoms. The number of hydrazine groups is 1. The number of aryl methyl sites for hydroxylation is 1. The van der Waals surface area contributed by atoms with Gasteiger partial charge in [-0.05, 0) is 31.2 Å². The van der Waals surface area contributed by atoms with Gasteiger partial charge in [-0.1, -0.05) is 47.4 Å². The number of carbonyl (C=O) groups excluding carboxylic acids is 1. The van der Waals surface area contributed by atoms with Gasteiger partial charge in [0.2, 0.25) is 0 Å². The van der Waals surface area contributed by atoms with Crippen LogP contribution in [0.1, 0.15) is 26.7 Å². The zero-order valence-electron chi connectivity index (χ0n) is 16.0. The van der Waals surface area contributed by atoms with Gasteiger partial charge in [-0.3, -0.25) is 15.6 Å². The number of thioether (sulfide) groups is 1. The van der Waals surface area contributed by atoms with Gasteiger partial charge in [0.15, 0.2) is 10.1 Å². The summed E-state index contributed by atoms with van der Waals surface area (Å²) < 4.78 is 45.2. The summed E-state index contributed by atoms with van der Waals surface area (Å²) >= 11 is 2.87. The number of hydrogen-bond donors (Lipinski definition) is 2. The molecular formula is C20H15F3N4O2S2.